The lowest BCUT2D eigenvalue weighted by Crippen LogP contribution is -2.34. The summed E-state index contributed by atoms with van der Waals surface area (Å²) in [4.78, 5) is 32.4. The van der Waals surface area contributed by atoms with Crippen molar-refractivity contribution in [2.75, 3.05) is 14.1 Å². The van der Waals surface area contributed by atoms with Crippen LogP contribution in [0.4, 0.5) is 4.79 Å². The number of hydrogen-bond donors (Lipinski definition) is 0. The fourth-order valence-electron chi connectivity index (χ4n) is 2.53. The second-order valence-corrected chi connectivity index (χ2v) is 7.05. The molecule has 0 saturated carbocycles. The molecule has 0 aromatic carbocycles. The summed E-state index contributed by atoms with van der Waals surface area (Å²) in [5.74, 6) is 0.285. The monoisotopic (exact) mass is 334 g/mol. The van der Waals surface area contributed by atoms with E-state index in [1.807, 2.05) is 46.4 Å². The van der Waals surface area contributed by atoms with E-state index in [9.17, 15) is 9.59 Å². The van der Waals surface area contributed by atoms with Crippen molar-refractivity contribution in [2.45, 2.75) is 52.9 Å². The molecule has 0 fully saturated rings. The smallest absolute Gasteiger partial charge is 0.410 e. The van der Waals surface area contributed by atoms with Crippen LogP contribution >= 0.6 is 0 Å². The van der Waals surface area contributed by atoms with Gasteiger partial charge in [-0.05, 0) is 27.7 Å². The van der Waals surface area contributed by atoms with Gasteiger partial charge in [0.1, 0.15) is 5.60 Å². The molecule has 0 unspecified atom stereocenters. The Morgan fingerprint density at radius 3 is 2.50 bits per heavy atom. The number of carbonyl (C=O) groups is 2. The van der Waals surface area contributed by atoms with Gasteiger partial charge in [0.25, 0.3) is 0 Å². The van der Waals surface area contributed by atoms with Crippen molar-refractivity contribution >= 4 is 11.9 Å². The maximum absolute atomic E-state index is 12.3. The van der Waals surface area contributed by atoms with Crippen LogP contribution in [0.5, 0.6) is 0 Å². The van der Waals surface area contributed by atoms with E-state index < -0.39 is 5.60 Å². The summed E-state index contributed by atoms with van der Waals surface area (Å²) < 4.78 is 7.28. The van der Waals surface area contributed by atoms with Gasteiger partial charge in [0, 0.05) is 32.9 Å². The van der Waals surface area contributed by atoms with Gasteiger partial charge in [0.15, 0.2) is 5.82 Å². The first-order valence-corrected chi connectivity index (χ1v) is 8.07. The van der Waals surface area contributed by atoms with Crippen molar-refractivity contribution in [1.82, 2.24) is 19.4 Å². The van der Waals surface area contributed by atoms with Crippen LogP contribution in [-0.4, -0.2) is 50.9 Å². The molecular formula is C17H26N4O3. The number of imidazole rings is 1. The normalized spacial score (nSPS) is 14.2. The summed E-state index contributed by atoms with van der Waals surface area (Å²) in [6.07, 6.45) is 2.85. The summed E-state index contributed by atoms with van der Waals surface area (Å²) in [5, 5.41) is 0. The van der Waals surface area contributed by atoms with Crippen LogP contribution in [0.15, 0.2) is 12.3 Å². The van der Waals surface area contributed by atoms with Crippen molar-refractivity contribution in [2.24, 2.45) is 0 Å². The number of allylic oxidation sites excluding steroid dienone is 1. The van der Waals surface area contributed by atoms with Gasteiger partial charge in [-0.2, -0.15) is 0 Å². The Bertz CT molecular complexity index is 668. The van der Waals surface area contributed by atoms with Crippen molar-refractivity contribution < 1.29 is 14.3 Å². The summed E-state index contributed by atoms with van der Waals surface area (Å²) in [6.45, 7) is 8.89. The summed E-state index contributed by atoms with van der Waals surface area (Å²) >= 11 is 0. The highest BCUT2D eigenvalue weighted by Crippen LogP contribution is 2.26. The van der Waals surface area contributed by atoms with Crippen LogP contribution in [0.3, 0.4) is 0 Å². The molecule has 1 aliphatic rings. The Balaban J connectivity index is 2.18. The maximum Gasteiger partial charge on any atom is 0.410 e. The molecule has 0 N–H and O–H groups in total. The van der Waals surface area contributed by atoms with Gasteiger partial charge in [-0.15, -0.1) is 0 Å². The zero-order chi connectivity index (χ0) is 18.1. The van der Waals surface area contributed by atoms with E-state index in [1.54, 1.807) is 16.0 Å². The first-order valence-electron chi connectivity index (χ1n) is 8.07. The summed E-state index contributed by atoms with van der Waals surface area (Å²) in [7, 11) is 3.71. The third-order valence-corrected chi connectivity index (χ3v) is 3.55. The molecule has 0 radical (unpaired) electrons. The SMILES string of the molecule is CCn1c(C(=O)C=CN(C)C)nc2c1CN(C(=O)OC(C)(C)C)C2. The fraction of sp³-hybridized carbons (Fsp3) is 0.588. The lowest BCUT2D eigenvalue weighted by atomic mass is 10.2. The predicted molar refractivity (Wildman–Crippen MR) is 90.5 cm³/mol. The zero-order valence-electron chi connectivity index (χ0n) is 15.3. The van der Waals surface area contributed by atoms with Crippen LogP contribution in [0.1, 0.15) is 49.7 Å². The fourth-order valence-corrected chi connectivity index (χ4v) is 2.53. The lowest BCUT2D eigenvalue weighted by Gasteiger charge is -2.24. The van der Waals surface area contributed by atoms with E-state index in [-0.39, 0.29) is 11.9 Å². The molecule has 24 heavy (non-hydrogen) atoms. The number of fused-ring (bicyclic) bond motifs is 1. The number of carbonyl (C=O) groups excluding carboxylic acids is 2. The van der Waals surface area contributed by atoms with Crippen LogP contribution in [0.2, 0.25) is 0 Å². The number of ketones is 1. The molecule has 0 saturated heterocycles. The van der Waals surface area contributed by atoms with E-state index in [0.29, 0.717) is 25.5 Å². The molecule has 1 aromatic heterocycles. The Morgan fingerprint density at radius 2 is 1.96 bits per heavy atom. The third-order valence-electron chi connectivity index (χ3n) is 3.55. The van der Waals surface area contributed by atoms with Gasteiger partial charge in [-0.1, -0.05) is 0 Å². The van der Waals surface area contributed by atoms with E-state index in [2.05, 4.69) is 4.98 Å². The van der Waals surface area contributed by atoms with E-state index >= 15 is 0 Å². The minimum absolute atomic E-state index is 0.135. The highest BCUT2D eigenvalue weighted by Gasteiger charge is 2.33. The number of hydrogen-bond acceptors (Lipinski definition) is 5. The molecule has 2 heterocycles. The van der Waals surface area contributed by atoms with Crippen LogP contribution in [0, 0.1) is 0 Å². The average molecular weight is 334 g/mol. The molecular weight excluding hydrogens is 308 g/mol. The van der Waals surface area contributed by atoms with Crippen LogP contribution in [0.25, 0.3) is 0 Å². The largest absolute Gasteiger partial charge is 0.444 e. The first-order chi connectivity index (χ1) is 11.1. The van der Waals surface area contributed by atoms with E-state index in [4.69, 9.17) is 4.74 Å². The second kappa shape index (κ2) is 6.67. The van der Waals surface area contributed by atoms with Crippen molar-refractivity contribution in [1.29, 1.82) is 0 Å². The molecule has 0 spiro atoms. The van der Waals surface area contributed by atoms with Crippen LogP contribution in [-0.2, 0) is 24.4 Å². The highest BCUT2D eigenvalue weighted by atomic mass is 16.6. The second-order valence-electron chi connectivity index (χ2n) is 7.05. The number of ether oxygens (including phenoxy) is 1. The Labute approximate surface area is 142 Å². The predicted octanol–water partition coefficient (Wildman–Crippen LogP) is 2.41. The van der Waals surface area contributed by atoms with Gasteiger partial charge < -0.3 is 14.2 Å². The molecule has 7 nitrogen and oxygen atoms in total. The van der Waals surface area contributed by atoms with Crippen molar-refractivity contribution in [3.05, 3.63) is 29.5 Å². The molecule has 1 aliphatic heterocycles. The zero-order valence-corrected chi connectivity index (χ0v) is 15.3. The van der Waals surface area contributed by atoms with E-state index in [1.165, 1.54) is 6.08 Å². The Kier molecular flexibility index (Phi) is 5.01. The van der Waals surface area contributed by atoms with E-state index in [0.717, 1.165) is 11.4 Å². The molecule has 1 aromatic rings. The number of aromatic nitrogens is 2. The topological polar surface area (TPSA) is 67.7 Å². The number of nitrogens with zero attached hydrogens (tertiary/aromatic N) is 4. The first kappa shape index (κ1) is 18.0. The Morgan fingerprint density at radius 1 is 1.29 bits per heavy atom. The maximum atomic E-state index is 12.3. The minimum atomic E-state index is -0.532. The van der Waals surface area contributed by atoms with Crippen molar-refractivity contribution in [3.8, 4) is 0 Å². The van der Waals surface area contributed by atoms with Gasteiger partial charge in [-0.25, -0.2) is 9.78 Å². The molecule has 0 atom stereocenters. The number of rotatable bonds is 4. The van der Waals surface area contributed by atoms with Gasteiger partial charge >= 0.3 is 6.09 Å². The summed E-state index contributed by atoms with van der Waals surface area (Å²) in [6, 6.07) is 0. The number of amides is 1. The third kappa shape index (κ3) is 3.96. The van der Waals surface area contributed by atoms with Gasteiger partial charge in [0.05, 0.1) is 24.5 Å². The molecule has 7 heteroatoms. The van der Waals surface area contributed by atoms with Gasteiger partial charge in [-0.3, -0.25) is 9.69 Å². The molecule has 2 rings (SSSR count). The average Bonchev–Trinajstić information content (AvgIpc) is 2.99. The quantitative estimate of drug-likeness (QED) is 0.625. The molecule has 1 amide bonds. The molecule has 132 valence electrons. The molecule has 0 aliphatic carbocycles. The van der Waals surface area contributed by atoms with Gasteiger partial charge in [0.2, 0.25) is 5.78 Å². The minimum Gasteiger partial charge on any atom is -0.444 e. The molecule has 0 bridgehead atoms. The Hall–Kier alpha value is -2.31. The lowest BCUT2D eigenvalue weighted by molar-refractivity contribution is 0.0237. The highest BCUT2D eigenvalue weighted by molar-refractivity contribution is 6.02. The summed E-state index contributed by atoms with van der Waals surface area (Å²) in [5.41, 5.74) is 1.14. The van der Waals surface area contributed by atoms with Crippen LogP contribution < -0.4 is 0 Å². The van der Waals surface area contributed by atoms with Crippen molar-refractivity contribution in [3.63, 3.8) is 0 Å². The standard InChI is InChI=1S/C17H26N4O3/c1-7-21-13-11-20(16(23)24-17(2,3)4)10-12(13)18-15(21)14(22)8-9-19(5)6/h8-9H,7,10-11H2,1-6H3.